The van der Waals surface area contributed by atoms with Crippen LogP contribution in [0.3, 0.4) is 0 Å². The molecule has 0 fully saturated rings. The van der Waals surface area contributed by atoms with Gasteiger partial charge in [-0.15, -0.1) is 0 Å². The van der Waals surface area contributed by atoms with E-state index in [-0.39, 0.29) is 18.6 Å². The summed E-state index contributed by atoms with van der Waals surface area (Å²) in [4.78, 5) is 16.2. The summed E-state index contributed by atoms with van der Waals surface area (Å²) in [5, 5.41) is 6.77. The third-order valence-corrected chi connectivity index (χ3v) is 3.69. The summed E-state index contributed by atoms with van der Waals surface area (Å²) < 4.78 is 10.5. The number of amides is 1. The summed E-state index contributed by atoms with van der Waals surface area (Å²) in [6.07, 6.45) is 0. The van der Waals surface area contributed by atoms with Crippen molar-refractivity contribution in [1.29, 1.82) is 0 Å². The molecule has 0 saturated heterocycles. The van der Waals surface area contributed by atoms with E-state index in [4.69, 9.17) is 9.26 Å². The van der Waals surface area contributed by atoms with Gasteiger partial charge < -0.3 is 14.6 Å². The van der Waals surface area contributed by atoms with Crippen molar-refractivity contribution in [3.05, 3.63) is 66.1 Å². The molecule has 1 N–H and O–H groups in total. The number of nitrogens with one attached hydrogen (secondary N) is 1. The maximum atomic E-state index is 12.0. The van der Waals surface area contributed by atoms with Crippen molar-refractivity contribution in [2.45, 2.75) is 19.9 Å². The Morgan fingerprint density at radius 1 is 1.16 bits per heavy atom. The molecule has 6 heteroatoms. The van der Waals surface area contributed by atoms with Gasteiger partial charge in [-0.25, -0.2) is 0 Å². The van der Waals surface area contributed by atoms with Gasteiger partial charge in [-0.05, 0) is 36.8 Å². The molecule has 1 unspecified atom stereocenters. The lowest BCUT2D eigenvalue weighted by Crippen LogP contribution is -2.31. The highest BCUT2D eigenvalue weighted by Crippen LogP contribution is 2.20. The highest BCUT2D eigenvalue weighted by atomic mass is 16.5. The van der Waals surface area contributed by atoms with Gasteiger partial charge in [0.1, 0.15) is 5.75 Å². The zero-order valence-corrected chi connectivity index (χ0v) is 14.1. The second-order valence-electron chi connectivity index (χ2n) is 5.65. The minimum Gasteiger partial charge on any atom is -0.484 e. The first-order chi connectivity index (χ1) is 12.1. The minimum absolute atomic E-state index is 0.0438. The molecular formula is C19H19N3O3. The number of aromatic nitrogens is 2. The number of hydrogen-bond donors (Lipinski definition) is 1. The fourth-order valence-electron chi connectivity index (χ4n) is 2.37. The highest BCUT2D eigenvalue weighted by molar-refractivity contribution is 5.78. The Morgan fingerprint density at radius 3 is 2.52 bits per heavy atom. The van der Waals surface area contributed by atoms with Crippen molar-refractivity contribution in [2.75, 3.05) is 6.61 Å². The van der Waals surface area contributed by atoms with Crippen molar-refractivity contribution in [3.63, 3.8) is 0 Å². The number of benzene rings is 2. The highest BCUT2D eigenvalue weighted by Gasteiger charge is 2.10. The van der Waals surface area contributed by atoms with Gasteiger partial charge in [-0.2, -0.15) is 4.98 Å². The number of hydrogen-bond acceptors (Lipinski definition) is 5. The molecule has 3 rings (SSSR count). The number of carbonyl (C=O) groups excluding carboxylic acids is 1. The quantitative estimate of drug-likeness (QED) is 0.747. The lowest BCUT2D eigenvalue weighted by atomic mass is 10.1. The smallest absolute Gasteiger partial charge is 0.258 e. The van der Waals surface area contributed by atoms with E-state index < -0.39 is 0 Å². The molecule has 0 aliphatic heterocycles. The molecule has 0 spiro atoms. The molecule has 1 heterocycles. The van der Waals surface area contributed by atoms with Crippen LogP contribution >= 0.6 is 0 Å². The zero-order chi connectivity index (χ0) is 17.6. The van der Waals surface area contributed by atoms with Gasteiger partial charge in [0.15, 0.2) is 6.61 Å². The minimum atomic E-state index is -0.172. The molecule has 25 heavy (non-hydrogen) atoms. The molecule has 0 bridgehead atoms. The van der Waals surface area contributed by atoms with Crippen LogP contribution in [-0.4, -0.2) is 22.7 Å². The van der Waals surface area contributed by atoms with E-state index in [0.717, 1.165) is 11.1 Å². The molecule has 0 aliphatic rings. The van der Waals surface area contributed by atoms with Crippen LogP contribution < -0.4 is 10.1 Å². The number of nitrogens with zero attached hydrogens (tertiary/aromatic N) is 2. The summed E-state index contributed by atoms with van der Waals surface area (Å²) >= 11 is 0. The second-order valence-corrected chi connectivity index (χ2v) is 5.65. The molecule has 6 nitrogen and oxygen atoms in total. The van der Waals surface area contributed by atoms with Crippen LogP contribution in [0.2, 0.25) is 0 Å². The van der Waals surface area contributed by atoms with Crippen LogP contribution in [0.4, 0.5) is 0 Å². The van der Waals surface area contributed by atoms with Gasteiger partial charge in [0.25, 0.3) is 5.91 Å². The normalized spacial score (nSPS) is 11.8. The average Bonchev–Trinajstić information content (AvgIpc) is 3.07. The molecule has 3 aromatic rings. The molecular weight excluding hydrogens is 318 g/mol. The van der Waals surface area contributed by atoms with Gasteiger partial charge in [0, 0.05) is 12.5 Å². The van der Waals surface area contributed by atoms with Gasteiger partial charge in [-0.3, -0.25) is 4.79 Å². The summed E-state index contributed by atoms with van der Waals surface area (Å²) in [5.74, 6) is 1.47. The summed E-state index contributed by atoms with van der Waals surface area (Å²) in [7, 11) is 0. The van der Waals surface area contributed by atoms with Crippen LogP contribution in [0.1, 0.15) is 24.4 Å². The van der Waals surface area contributed by atoms with E-state index in [0.29, 0.717) is 17.5 Å². The summed E-state index contributed by atoms with van der Waals surface area (Å²) in [6.45, 7) is 3.63. The van der Waals surface area contributed by atoms with Crippen molar-refractivity contribution in [2.24, 2.45) is 0 Å². The first kappa shape index (κ1) is 16.7. The summed E-state index contributed by atoms with van der Waals surface area (Å²) in [5.41, 5.74) is 1.88. The topological polar surface area (TPSA) is 77.2 Å². The molecule has 128 valence electrons. The number of aryl methyl sites for hydroxylation is 1. The van der Waals surface area contributed by atoms with Crippen LogP contribution in [0.25, 0.3) is 11.4 Å². The number of rotatable bonds is 6. The Morgan fingerprint density at radius 2 is 1.88 bits per heavy atom. The fraction of sp³-hybridized carbons (Fsp3) is 0.211. The Kier molecular flexibility index (Phi) is 5.09. The predicted octanol–water partition coefficient (Wildman–Crippen LogP) is 3.30. The maximum Gasteiger partial charge on any atom is 0.258 e. The standard InChI is InChI=1S/C19H19N3O3/c1-13(15-6-4-3-5-7-15)20-18(23)12-24-17-10-8-16(9-11-17)19-21-14(2)25-22-19/h3-11,13H,12H2,1-2H3,(H,20,23). The number of carbonyl (C=O) groups is 1. The van der Waals surface area contributed by atoms with E-state index in [1.165, 1.54) is 0 Å². The first-order valence-corrected chi connectivity index (χ1v) is 7.99. The molecule has 0 aliphatic carbocycles. The second kappa shape index (κ2) is 7.61. The van der Waals surface area contributed by atoms with Crippen LogP contribution in [0, 0.1) is 6.92 Å². The van der Waals surface area contributed by atoms with E-state index in [1.54, 1.807) is 19.1 Å². The van der Waals surface area contributed by atoms with Gasteiger partial charge in [0.05, 0.1) is 6.04 Å². The molecule has 2 aromatic carbocycles. The van der Waals surface area contributed by atoms with Crippen LogP contribution in [0.5, 0.6) is 5.75 Å². The van der Waals surface area contributed by atoms with Crippen LogP contribution in [0.15, 0.2) is 59.1 Å². The van der Waals surface area contributed by atoms with Crippen LogP contribution in [-0.2, 0) is 4.79 Å². The SMILES string of the molecule is Cc1nc(-c2ccc(OCC(=O)NC(C)c3ccccc3)cc2)no1. The third-order valence-electron chi connectivity index (χ3n) is 3.69. The third kappa shape index (κ3) is 4.44. The number of ether oxygens (including phenoxy) is 1. The fourth-order valence-corrected chi connectivity index (χ4v) is 2.37. The Balaban J connectivity index is 1.52. The van der Waals surface area contributed by atoms with E-state index in [2.05, 4.69) is 15.5 Å². The first-order valence-electron chi connectivity index (χ1n) is 7.99. The zero-order valence-electron chi connectivity index (χ0n) is 14.1. The monoisotopic (exact) mass is 337 g/mol. The lowest BCUT2D eigenvalue weighted by molar-refractivity contribution is -0.123. The average molecular weight is 337 g/mol. The summed E-state index contributed by atoms with van der Waals surface area (Å²) in [6, 6.07) is 16.9. The predicted molar refractivity (Wildman–Crippen MR) is 93.0 cm³/mol. The van der Waals surface area contributed by atoms with Crippen molar-refractivity contribution in [3.8, 4) is 17.1 Å². The molecule has 1 amide bonds. The van der Waals surface area contributed by atoms with Gasteiger partial charge >= 0.3 is 0 Å². The lowest BCUT2D eigenvalue weighted by Gasteiger charge is -2.14. The molecule has 0 saturated carbocycles. The Hall–Kier alpha value is -3.15. The molecule has 0 radical (unpaired) electrons. The van der Waals surface area contributed by atoms with Gasteiger partial charge in [-0.1, -0.05) is 35.5 Å². The Bertz CT molecular complexity index is 829. The van der Waals surface area contributed by atoms with E-state index >= 15 is 0 Å². The van der Waals surface area contributed by atoms with Crippen molar-refractivity contribution < 1.29 is 14.1 Å². The van der Waals surface area contributed by atoms with Crippen molar-refractivity contribution in [1.82, 2.24) is 15.5 Å². The largest absolute Gasteiger partial charge is 0.484 e. The van der Waals surface area contributed by atoms with E-state index in [9.17, 15) is 4.79 Å². The Labute approximate surface area is 145 Å². The van der Waals surface area contributed by atoms with Crippen molar-refractivity contribution >= 4 is 5.91 Å². The maximum absolute atomic E-state index is 12.0. The molecule has 1 aromatic heterocycles. The van der Waals surface area contributed by atoms with E-state index in [1.807, 2.05) is 49.4 Å². The molecule has 1 atom stereocenters. The van der Waals surface area contributed by atoms with Gasteiger partial charge in [0.2, 0.25) is 11.7 Å².